The number of hydrogen-bond donors (Lipinski definition) is 1. The smallest absolute Gasteiger partial charge is 0.0311 e. The van der Waals surface area contributed by atoms with Gasteiger partial charge in [-0.05, 0) is 0 Å². The van der Waals surface area contributed by atoms with Gasteiger partial charge in [0.05, 0.1) is 0 Å². The molecule has 0 aliphatic heterocycles. The second kappa shape index (κ2) is 7.96. The van der Waals surface area contributed by atoms with Crippen molar-refractivity contribution in [3.8, 4) is 0 Å². The van der Waals surface area contributed by atoms with E-state index in [4.69, 9.17) is 28.3 Å². The quantitative estimate of drug-likeness (QED) is 0.266. The van der Waals surface area contributed by atoms with Crippen LogP contribution in [-0.2, 0) is 31.5 Å². The molecule has 0 spiro atoms. The van der Waals surface area contributed by atoms with Crippen LogP contribution in [-0.4, -0.2) is 17.5 Å². The van der Waals surface area contributed by atoms with Gasteiger partial charge in [-0.1, -0.05) is 0 Å². The van der Waals surface area contributed by atoms with Crippen molar-refractivity contribution >= 4 is 10.4 Å². The number of hydrogen-bond acceptors (Lipinski definition) is 7. The zero-order valence-electron chi connectivity index (χ0n) is 3.71. The third kappa shape index (κ3) is 163000. The van der Waals surface area contributed by atoms with Crippen molar-refractivity contribution in [3.63, 3.8) is 0 Å². The van der Waals surface area contributed by atoms with Crippen LogP contribution < -0.4 is 0 Å². The molecule has 9 heteroatoms. The second-order valence-corrected chi connectivity index (χ2v) is 1.32. The molecule has 0 heterocycles. The molecule has 7 nitrogen and oxygen atoms in total. The van der Waals surface area contributed by atoms with Crippen LogP contribution in [0.2, 0.25) is 0 Å². The molecule has 9 heavy (non-hydrogen) atoms. The SMILES string of the molecule is N=N[O-].O=S(=O)([O-])[O-].[Pt]. The van der Waals surface area contributed by atoms with E-state index in [2.05, 4.69) is 0 Å². The first-order valence-electron chi connectivity index (χ1n) is 1.07. The second-order valence-electron chi connectivity index (χ2n) is 0.500. The van der Waals surface area contributed by atoms with Crippen molar-refractivity contribution < 1.29 is 38.6 Å². The summed E-state index contributed by atoms with van der Waals surface area (Å²) in [6.07, 6.45) is 0. The van der Waals surface area contributed by atoms with E-state index in [9.17, 15) is 0 Å². The predicted molar refractivity (Wildman–Crippen MR) is 19.0 cm³/mol. The summed E-state index contributed by atoms with van der Waals surface area (Å²) >= 11 is 0. The Morgan fingerprint density at radius 1 is 1.33 bits per heavy atom. The summed E-state index contributed by atoms with van der Waals surface area (Å²) in [4.78, 5) is 0. The van der Waals surface area contributed by atoms with E-state index in [0.717, 1.165) is 0 Å². The van der Waals surface area contributed by atoms with Gasteiger partial charge in [-0.25, -0.2) is 10.8 Å². The Bertz CT molecular complexity index is 129. The number of rotatable bonds is 0. The first kappa shape index (κ1) is 16.0. The Balaban J connectivity index is -0.0000000800. The van der Waals surface area contributed by atoms with Gasteiger partial charge in [0.15, 0.2) is 0 Å². The van der Waals surface area contributed by atoms with Gasteiger partial charge in [0.25, 0.3) is 0 Å². The minimum Gasteiger partial charge on any atom is -0.775 e. The average molecular weight is 336 g/mol. The summed E-state index contributed by atoms with van der Waals surface area (Å²) in [5.74, 6) is 0. The molecule has 0 saturated carbocycles. The molecular formula is HN2O5PtS-3. The minimum absolute atomic E-state index is 0. The van der Waals surface area contributed by atoms with Gasteiger partial charge in [0.1, 0.15) is 0 Å². The van der Waals surface area contributed by atoms with Gasteiger partial charge in [-0.15, -0.1) is 0 Å². The molecule has 0 aromatic heterocycles. The third-order valence-electron chi connectivity index (χ3n) is 0. The van der Waals surface area contributed by atoms with Crippen LogP contribution in [0.25, 0.3) is 0 Å². The fraction of sp³-hybridized carbons (Fsp3) is 0. The van der Waals surface area contributed by atoms with Crippen molar-refractivity contribution in [2.75, 3.05) is 0 Å². The Morgan fingerprint density at radius 2 is 1.33 bits per heavy atom. The molecular weight excluding hydrogens is 335 g/mol. The maximum Gasteiger partial charge on any atom is 0.0311 e. The molecule has 0 fully saturated rings. The molecule has 0 unspecified atom stereocenters. The normalized spacial score (nSPS) is 7.78. The molecule has 0 aliphatic carbocycles. The first-order chi connectivity index (χ1) is 3.41. The number of nitrogens with zero attached hydrogens (tertiary/aromatic N) is 1. The van der Waals surface area contributed by atoms with E-state index in [1.54, 1.807) is 0 Å². The molecule has 0 aromatic carbocycles. The van der Waals surface area contributed by atoms with Gasteiger partial charge in [0, 0.05) is 31.5 Å². The summed E-state index contributed by atoms with van der Waals surface area (Å²) in [5.41, 5.74) is 5.28. The van der Waals surface area contributed by atoms with E-state index < -0.39 is 10.4 Å². The van der Waals surface area contributed by atoms with E-state index in [1.165, 1.54) is 5.28 Å². The molecule has 0 radical (unpaired) electrons. The van der Waals surface area contributed by atoms with Gasteiger partial charge in [-0.3, -0.25) is 8.42 Å². The van der Waals surface area contributed by atoms with Crippen LogP contribution in [0.1, 0.15) is 0 Å². The topological polar surface area (TPSA) is 140 Å². The van der Waals surface area contributed by atoms with Crippen LogP contribution in [0, 0.1) is 10.7 Å². The molecule has 0 atom stereocenters. The van der Waals surface area contributed by atoms with Gasteiger partial charge in [0.2, 0.25) is 0 Å². The van der Waals surface area contributed by atoms with Crippen molar-refractivity contribution in [2.24, 2.45) is 5.28 Å². The molecule has 1 N–H and O–H groups in total. The van der Waals surface area contributed by atoms with Gasteiger partial charge in [-0.2, -0.15) is 0 Å². The zero-order chi connectivity index (χ0) is 7.21. The monoisotopic (exact) mass is 336 g/mol. The van der Waals surface area contributed by atoms with Crippen LogP contribution in [0.4, 0.5) is 0 Å². The maximum atomic E-state index is 8.52. The van der Waals surface area contributed by atoms with Crippen LogP contribution in [0.5, 0.6) is 0 Å². The zero-order valence-corrected chi connectivity index (χ0v) is 6.80. The average Bonchev–Trinajstić information content (AvgIpc) is 1.27. The summed E-state index contributed by atoms with van der Waals surface area (Å²) in [7, 11) is -5.17. The van der Waals surface area contributed by atoms with Crippen LogP contribution >= 0.6 is 0 Å². The minimum atomic E-state index is -5.17. The van der Waals surface area contributed by atoms with Crippen molar-refractivity contribution in [3.05, 3.63) is 5.21 Å². The van der Waals surface area contributed by atoms with E-state index in [0.29, 0.717) is 0 Å². The van der Waals surface area contributed by atoms with Crippen molar-refractivity contribution in [1.82, 2.24) is 0 Å². The molecule has 60 valence electrons. The fourth-order valence-corrected chi connectivity index (χ4v) is 0. The summed E-state index contributed by atoms with van der Waals surface area (Å²) < 4.78 is 34.1. The van der Waals surface area contributed by atoms with Gasteiger partial charge >= 0.3 is 0 Å². The first-order valence-corrected chi connectivity index (χ1v) is 2.41. The Kier molecular flexibility index (Phi) is 14.1. The Morgan fingerprint density at radius 3 is 1.33 bits per heavy atom. The maximum absolute atomic E-state index is 8.52. The molecule has 0 amide bonds. The largest absolute Gasteiger partial charge is 0.775 e. The Labute approximate surface area is 65.4 Å². The van der Waals surface area contributed by atoms with Crippen LogP contribution in [0.15, 0.2) is 5.28 Å². The van der Waals surface area contributed by atoms with Crippen molar-refractivity contribution in [1.29, 1.82) is 5.53 Å². The fourth-order valence-electron chi connectivity index (χ4n) is 0. The third-order valence-corrected chi connectivity index (χ3v) is 0. The van der Waals surface area contributed by atoms with Crippen molar-refractivity contribution in [2.45, 2.75) is 0 Å². The summed E-state index contributed by atoms with van der Waals surface area (Å²) in [5, 5.41) is 9.72. The van der Waals surface area contributed by atoms with E-state index in [-0.39, 0.29) is 21.1 Å². The van der Waals surface area contributed by atoms with E-state index in [1.807, 2.05) is 0 Å². The standard InChI is InChI=1S/H2N2O.H2O4S.Pt/c1-2-3;1-5(2,3)4;/h(H2,1,3);(H2,1,2,3,4);/p-3. The molecule has 0 aliphatic rings. The number of nitrogens with one attached hydrogen (secondary N) is 1. The molecule has 0 rings (SSSR count). The molecule has 0 bridgehead atoms. The summed E-state index contributed by atoms with van der Waals surface area (Å²) in [6, 6.07) is 0. The predicted octanol–water partition coefficient (Wildman–Crippen LogP) is -0.825. The van der Waals surface area contributed by atoms with Crippen LogP contribution in [0.3, 0.4) is 0 Å². The van der Waals surface area contributed by atoms with Gasteiger partial charge < -0.3 is 14.3 Å². The molecule has 0 aromatic rings. The molecule has 0 saturated heterocycles. The van der Waals surface area contributed by atoms with E-state index >= 15 is 0 Å². The Hall–Kier alpha value is -0.0417. The summed E-state index contributed by atoms with van der Waals surface area (Å²) in [6.45, 7) is 0.